The molecule has 1 rings (SSSR count). The molecule has 2 atom stereocenters. The van der Waals surface area contributed by atoms with Crippen LogP contribution in [0.25, 0.3) is 0 Å². The number of para-hydroxylation sites is 1. The van der Waals surface area contributed by atoms with Crippen molar-refractivity contribution in [1.29, 1.82) is 0 Å². The molecule has 0 amide bonds. The number of phenolic OH excluding ortho intramolecular Hbond substituents is 1. The van der Waals surface area contributed by atoms with E-state index in [9.17, 15) is 14.7 Å². The fourth-order valence-corrected chi connectivity index (χ4v) is 3.72. The summed E-state index contributed by atoms with van der Waals surface area (Å²) in [6.07, 6.45) is 0. The van der Waals surface area contributed by atoms with E-state index in [-0.39, 0.29) is 23.8 Å². The van der Waals surface area contributed by atoms with Crippen molar-refractivity contribution < 1.29 is 24.9 Å². The second-order valence-corrected chi connectivity index (χ2v) is 6.97. The molecular weight excluding hydrogens is 328 g/mol. The van der Waals surface area contributed by atoms with Crippen molar-refractivity contribution >= 4 is 33.5 Å². The van der Waals surface area contributed by atoms with Crippen molar-refractivity contribution in [2.24, 2.45) is 5.73 Å². The summed E-state index contributed by atoms with van der Waals surface area (Å²) in [5.74, 6) is -1.54. The van der Waals surface area contributed by atoms with E-state index in [0.29, 0.717) is 5.56 Å². The molecule has 1 unspecified atom stereocenters. The predicted molar refractivity (Wildman–Crippen MR) is 86.9 cm³/mol. The highest BCUT2D eigenvalue weighted by Gasteiger charge is 2.18. The molecule has 0 aliphatic carbocycles. The van der Waals surface area contributed by atoms with Crippen LogP contribution < -0.4 is 11.1 Å². The Balaban J connectivity index is 2.38. The van der Waals surface area contributed by atoms with Crippen LogP contribution in [0.4, 0.5) is 0 Å². The van der Waals surface area contributed by atoms with Crippen molar-refractivity contribution in [2.45, 2.75) is 18.6 Å². The quantitative estimate of drug-likeness (QED) is 0.307. The van der Waals surface area contributed by atoms with E-state index in [4.69, 9.17) is 15.9 Å². The lowest BCUT2D eigenvalue weighted by Gasteiger charge is -2.14. The highest BCUT2D eigenvalue weighted by Crippen LogP contribution is 2.23. The molecule has 6 N–H and O–H groups in total. The molecule has 9 heteroatoms. The molecule has 0 heterocycles. The number of carboxylic acid groups (broad SMARTS) is 2. The second-order valence-electron chi connectivity index (χ2n) is 4.41. The predicted octanol–water partition coefficient (Wildman–Crippen LogP) is 0.728. The molecule has 0 bridgehead atoms. The van der Waals surface area contributed by atoms with Gasteiger partial charge in [0.1, 0.15) is 17.8 Å². The van der Waals surface area contributed by atoms with Crippen LogP contribution in [0.2, 0.25) is 0 Å². The largest absolute Gasteiger partial charge is 0.508 e. The van der Waals surface area contributed by atoms with Gasteiger partial charge < -0.3 is 21.1 Å². The number of phenols is 1. The van der Waals surface area contributed by atoms with Crippen LogP contribution in [0.1, 0.15) is 5.56 Å². The highest BCUT2D eigenvalue weighted by molar-refractivity contribution is 8.76. The van der Waals surface area contributed by atoms with Crippen molar-refractivity contribution in [3.8, 4) is 5.75 Å². The Morgan fingerprint density at radius 1 is 1.14 bits per heavy atom. The second kappa shape index (κ2) is 9.57. The van der Waals surface area contributed by atoms with Gasteiger partial charge in [0.25, 0.3) is 0 Å². The number of aromatic hydroxyl groups is 1. The summed E-state index contributed by atoms with van der Waals surface area (Å²) >= 11 is 0. The Labute approximate surface area is 135 Å². The van der Waals surface area contributed by atoms with Crippen LogP contribution in [0, 0.1) is 0 Å². The van der Waals surface area contributed by atoms with Crippen molar-refractivity contribution in [3.63, 3.8) is 0 Å². The first kappa shape index (κ1) is 18.6. The van der Waals surface area contributed by atoms with E-state index in [1.807, 2.05) is 0 Å². The van der Waals surface area contributed by atoms with Gasteiger partial charge in [-0.05, 0) is 6.07 Å². The lowest BCUT2D eigenvalue weighted by atomic mass is 10.2. The van der Waals surface area contributed by atoms with E-state index < -0.39 is 24.0 Å². The Hall–Kier alpha value is -1.42. The minimum Gasteiger partial charge on any atom is -0.508 e. The summed E-state index contributed by atoms with van der Waals surface area (Å²) in [5, 5.41) is 30.3. The molecule has 0 saturated heterocycles. The van der Waals surface area contributed by atoms with Crippen molar-refractivity contribution in [3.05, 3.63) is 29.8 Å². The minimum absolute atomic E-state index is 0.105. The molecule has 0 aliphatic rings. The van der Waals surface area contributed by atoms with Crippen LogP contribution in [-0.2, 0) is 16.1 Å². The van der Waals surface area contributed by atoms with E-state index in [0.717, 1.165) is 0 Å². The molecule has 0 aromatic heterocycles. The van der Waals surface area contributed by atoms with Crippen LogP contribution >= 0.6 is 21.6 Å². The van der Waals surface area contributed by atoms with Crippen LogP contribution in [0.15, 0.2) is 24.3 Å². The monoisotopic (exact) mass is 346 g/mol. The molecule has 0 spiro atoms. The maximum Gasteiger partial charge on any atom is 0.321 e. The average Bonchev–Trinajstić information content (AvgIpc) is 2.47. The number of hydrogen-bond donors (Lipinski definition) is 5. The summed E-state index contributed by atoms with van der Waals surface area (Å²) in [6.45, 7) is 0.226. The molecule has 7 nitrogen and oxygen atoms in total. The minimum atomic E-state index is -1.08. The summed E-state index contributed by atoms with van der Waals surface area (Å²) in [7, 11) is 2.46. The Morgan fingerprint density at radius 2 is 1.77 bits per heavy atom. The first-order chi connectivity index (χ1) is 10.4. The van der Waals surface area contributed by atoms with Gasteiger partial charge in [-0.3, -0.25) is 14.9 Å². The van der Waals surface area contributed by atoms with Gasteiger partial charge in [0.05, 0.1) is 0 Å². The van der Waals surface area contributed by atoms with Gasteiger partial charge in [0.15, 0.2) is 0 Å². The van der Waals surface area contributed by atoms with Crippen molar-refractivity contribution in [1.82, 2.24) is 5.32 Å². The maximum absolute atomic E-state index is 11.2. The molecule has 0 radical (unpaired) electrons. The Morgan fingerprint density at radius 3 is 2.36 bits per heavy atom. The molecule has 0 saturated carbocycles. The van der Waals surface area contributed by atoms with Gasteiger partial charge in [-0.1, -0.05) is 39.8 Å². The van der Waals surface area contributed by atoms with Gasteiger partial charge in [-0.15, -0.1) is 0 Å². The van der Waals surface area contributed by atoms with Gasteiger partial charge in [0.2, 0.25) is 0 Å². The van der Waals surface area contributed by atoms with Gasteiger partial charge in [0, 0.05) is 23.6 Å². The number of rotatable bonds is 10. The third-order valence-electron chi connectivity index (χ3n) is 2.71. The lowest BCUT2D eigenvalue weighted by molar-refractivity contribution is -0.139. The third-order valence-corrected chi connectivity index (χ3v) is 5.16. The molecule has 1 aromatic rings. The number of carboxylic acids is 2. The molecule has 0 aliphatic heterocycles. The Bertz CT molecular complexity index is 515. The van der Waals surface area contributed by atoms with E-state index >= 15 is 0 Å². The number of carbonyl (C=O) groups is 2. The zero-order valence-corrected chi connectivity index (χ0v) is 13.3. The fraction of sp³-hybridized carbons (Fsp3) is 0.385. The molecule has 0 fully saturated rings. The molecular formula is C13H18N2O5S2. The summed E-state index contributed by atoms with van der Waals surface area (Å²) < 4.78 is 0. The first-order valence-electron chi connectivity index (χ1n) is 6.37. The van der Waals surface area contributed by atoms with Crippen LogP contribution in [0.5, 0.6) is 5.75 Å². The topological polar surface area (TPSA) is 133 Å². The molecule has 122 valence electrons. The maximum atomic E-state index is 11.2. The number of aliphatic carboxylic acids is 2. The van der Waals surface area contributed by atoms with E-state index in [1.54, 1.807) is 18.2 Å². The normalized spacial score (nSPS) is 13.5. The van der Waals surface area contributed by atoms with Gasteiger partial charge >= 0.3 is 11.9 Å². The van der Waals surface area contributed by atoms with E-state index in [2.05, 4.69) is 5.32 Å². The van der Waals surface area contributed by atoms with Crippen LogP contribution in [0.3, 0.4) is 0 Å². The van der Waals surface area contributed by atoms with E-state index in [1.165, 1.54) is 27.7 Å². The summed E-state index contributed by atoms with van der Waals surface area (Å²) in [4.78, 5) is 21.7. The third kappa shape index (κ3) is 6.56. The standard InChI is InChI=1S/C13H18N2O5S2/c14-9(12(17)18)6-21-22-7-10(13(19)20)15-5-8-3-1-2-4-11(8)16/h1-4,9-10,15-16H,5-7,14H2,(H,17,18)(H,19,20)/t9?,10-/m0/s1. The molecule has 1 aromatic carbocycles. The number of benzene rings is 1. The zero-order valence-electron chi connectivity index (χ0n) is 11.6. The zero-order chi connectivity index (χ0) is 16.5. The lowest BCUT2D eigenvalue weighted by Crippen LogP contribution is -2.38. The highest BCUT2D eigenvalue weighted by atomic mass is 33.1. The fourth-order valence-electron chi connectivity index (χ4n) is 1.42. The first-order valence-corrected chi connectivity index (χ1v) is 8.86. The average molecular weight is 346 g/mol. The smallest absolute Gasteiger partial charge is 0.321 e. The number of nitrogens with one attached hydrogen (secondary N) is 1. The van der Waals surface area contributed by atoms with Crippen LogP contribution in [-0.4, -0.2) is 50.8 Å². The number of nitrogens with two attached hydrogens (primary N) is 1. The van der Waals surface area contributed by atoms with Crippen molar-refractivity contribution in [2.75, 3.05) is 11.5 Å². The summed E-state index contributed by atoms with van der Waals surface area (Å²) in [5.41, 5.74) is 5.96. The van der Waals surface area contributed by atoms with Gasteiger partial charge in [-0.25, -0.2) is 0 Å². The number of hydrogen-bond acceptors (Lipinski definition) is 7. The Kier molecular flexibility index (Phi) is 8.10. The summed E-state index contributed by atoms with van der Waals surface area (Å²) in [6, 6.07) is 4.91. The SMILES string of the molecule is NC(CSSC[C@H](NCc1ccccc1O)C(=O)O)C(=O)O. The molecule has 22 heavy (non-hydrogen) atoms. The van der Waals surface area contributed by atoms with Gasteiger partial charge in [-0.2, -0.15) is 0 Å².